The van der Waals surface area contributed by atoms with Crippen LogP contribution in [0.5, 0.6) is 5.75 Å². The summed E-state index contributed by atoms with van der Waals surface area (Å²) in [5, 5.41) is 2.96. The average Bonchev–Trinajstić information content (AvgIpc) is 2.48. The second kappa shape index (κ2) is 8.03. The third-order valence-electron chi connectivity index (χ3n) is 3.83. The zero-order chi connectivity index (χ0) is 15.1. The summed E-state index contributed by atoms with van der Waals surface area (Å²) >= 11 is 0. The maximum Gasteiger partial charge on any atom is 0.238 e. The van der Waals surface area contributed by atoms with Gasteiger partial charge in [-0.1, -0.05) is 19.9 Å². The molecule has 4 heteroatoms. The molecule has 4 nitrogen and oxygen atoms in total. The maximum absolute atomic E-state index is 12.1. The van der Waals surface area contributed by atoms with E-state index < -0.39 is 0 Å². The highest BCUT2D eigenvalue weighted by atomic mass is 16.5. The summed E-state index contributed by atoms with van der Waals surface area (Å²) in [5.74, 6) is 1.65. The van der Waals surface area contributed by atoms with E-state index in [-0.39, 0.29) is 5.91 Å². The van der Waals surface area contributed by atoms with E-state index in [1.54, 1.807) is 0 Å². The number of nitrogens with one attached hydrogen (secondary N) is 1. The van der Waals surface area contributed by atoms with Gasteiger partial charge in [0.05, 0.1) is 13.2 Å². The van der Waals surface area contributed by atoms with Gasteiger partial charge in [0.2, 0.25) is 5.91 Å². The van der Waals surface area contributed by atoms with Crippen LogP contribution in [0.1, 0.15) is 33.1 Å². The monoisotopic (exact) mass is 290 g/mol. The molecule has 1 amide bonds. The van der Waals surface area contributed by atoms with E-state index >= 15 is 0 Å². The highest BCUT2D eigenvalue weighted by Gasteiger charge is 2.17. The van der Waals surface area contributed by atoms with Crippen LogP contribution in [0, 0.1) is 5.92 Å². The normalized spacial score (nSPS) is 16.7. The van der Waals surface area contributed by atoms with Crippen molar-refractivity contribution in [3.63, 3.8) is 0 Å². The first-order valence-electron chi connectivity index (χ1n) is 7.92. The van der Waals surface area contributed by atoms with Gasteiger partial charge in [-0.2, -0.15) is 0 Å². The fourth-order valence-electron chi connectivity index (χ4n) is 2.51. The van der Waals surface area contributed by atoms with Crippen LogP contribution < -0.4 is 10.1 Å². The van der Waals surface area contributed by atoms with E-state index in [1.165, 1.54) is 12.8 Å². The van der Waals surface area contributed by atoms with Crippen LogP contribution >= 0.6 is 0 Å². The van der Waals surface area contributed by atoms with Crippen molar-refractivity contribution in [2.45, 2.75) is 33.1 Å². The van der Waals surface area contributed by atoms with E-state index in [4.69, 9.17) is 4.74 Å². The molecule has 0 unspecified atom stereocenters. The Morgan fingerprint density at radius 1 is 1.38 bits per heavy atom. The highest BCUT2D eigenvalue weighted by molar-refractivity contribution is 5.92. The number of hydrogen-bond acceptors (Lipinski definition) is 3. The molecule has 1 fully saturated rings. The number of likely N-dealkylation sites (tertiary alicyclic amines) is 1. The Hall–Kier alpha value is -1.55. The number of carbonyl (C=O) groups is 1. The summed E-state index contributed by atoms with van der Waals surface area (Å²) in [6.45, 7) is 7.57. The molecule has 21 heavy (non-hydrogen) atoms. The molecule has 1 aliphatic rings. The third kappa shape index (κ3) is 5.38. The van der Waals surface area contributed by atoms with Gasteiger partial charge in [-0.05, 0) is 50.4 Å². The van der Waals surface area contributed by atoms with Gasteiger partial charge in [0, 0.05) is 11.8 Å². The molecule has 0 atom stereocenters. The first-order chi connectivity index (χ1) is 10.2. The van der Waals surface area contributed by atoms with Crippen LogP contribution in [-0.2, 0) is 4.79 Å². The van der Waals surface area contributed by atoms with Crippen molar-refractivity contribution in [3.8, 4) is 5.75 Å². The van der Waals surface area contributed by atoms with Crippen molar-refractivity contribution in [2.75, 3.05) is 31.6 Å². The van der Waals surface area contributed by atoms with Gasteiger partial charge >= 0.3 is 0 Å². The molecule has 0 aromatic heterocycles. The van der Waals surface area contributed by atoms with E-state index in [2.05, 4.69) is 24.1 Å². The second-order valence-corrected chi connectivity index (χ2v) is 5.88. The zero-order valence-corrected chi connectivity index (χ0v) is 13.1. The molecule has 0 bridgehead atoms. The SMILES string of the molecule is CCCOc1cccc(NC(=O)CN2CCC(C)CC2)c1. The van der Waals surface area contributed by atoms with E-state index in [1.807, 2.05) is 24.3 Å². The molecule has 1 aromatic carbocycles. The number of rotatable bonds is 6. The summed E-state index contributed by atoms with van der Waals surface area (Å²) in [4.78, 5) is 14.3. The van der Waals surface area contributed by atoms with Crippen LogP contribution in [0.3, 0.4) is 0 Å². The number of carbonyl (C=O) groups excluding carboxylic acids is 1. The van der Waals surface area contributed by atoms with Crippen molar-refractivity contribution in [1.82, 2.24) is 4.90 Å². The smallest absolute Gasteiger partial charge is 0.238 e. The first kappa shape index (κ1) is 15.8. The molecule has 1 heterocycles. The summed E-state index contributed by atoms with van der Waals surface area (Å²) in [5.41, 5.74) is 0.805. The Balaban J connectivity index is 1.81. The van der Waals surface area contributed by atoms with Gasteiger partial charge in [-0.15, -0.1) is 0 Å². The molecule has 0 spiro atoms. The Labute approximate surface area is 127 Å². The van der Waals surface area contributed by atoms with Crippen LogP contribution in [-0.4, -0.2) is 37.0 Å². The molecule has 0 saturated carbocycles. The summed E-state index contributed by atoms with van der Waals surface area (Å²) in [7, 11) is 0. The minimum Gasteiger partial charge on any atom is -0.494 e. The number of ether oxygens (including phenoxy) is 1. The topological polar surface area (TPSA) is 41.6 Å². The highest BCUT2D eigenvalue weighted by Crippen LogP contribution is 2.18. The summed E-state index contributed by atoms with van der Waals surface area (Å²) in [6, 6.07) is 7.60. The van der Waals surface area contributed by atoms with Crippen LogP contribution in [0.15, 0.2) is 24.3 Å². The quantitative estimate of drug-likeness (QED) is 0.875. The molecule has 1 aliphatic heterocycles. The lowest BCUT2D eigenvalue weighted by Gasteiger charge is -2.29. The van der Waals surface area contributed by atoms with Gasteiger partial charge in [0.1, 0.15) is 5.75 Å². The van der Waals surface area contributed by atoms with Crippen molar-refractivity contribution in [1.29, 1.82) is 0 Å². The van der Waals surface area contributed by atoms with Crippen LogP contribution in [0.2, 0.25) is 0 Å². The Morgan fingerprint density at radius 3 is 2.86 bits per heavy atom. The van der Waals surface area contributed by atoms with Crippen LogP contribution in [0.4, 0.5) is 5.69 Å². The first-order valence-corrected chi connectivity index (χ1v) is 7.92. The van der Waals surface area contributed by atoms with Gasteiger partial charge in [-0.3, -0.25) is 9.69 Å². The summed E-state index contributed by atoms with van der Waals surface area (Å²) in [6.07, 6.45) is 3.35. The summed E-state index contributed by atoms with van der Waals surface area (Å²) < 4.78 is 5.58. The molecule has 116 valence electrons. The molecule has 2 rings (SSSR count). The number of nitrogens with zero attached hydrogens (tertiary/aromatic N) is 1. The number of amides is 1. The van der Waals surface area contributed by atoms with E-state index in [0.717, 1.165) is 36.9 Å². The molecule has 1 saturated heterocycles. The number of piperidine rings is 1. The third-order valence-corrected chi connectivity index (χ3v) is 3.83. The molecule has 0 aliphatic carbocycles. The lowest BCUT2D eigenvalue weighted by Crippen LogP contribution is -2.38. The van der Waals surface area contributed by atoms with Gasteiger partial charge in [0.25, 0.3) is 0 Å². The Bertz CT molecular complexity index is 454. The maximum atomic E-state index is 12.1. The molecular formula is C17H26N2O2. The standard InChI is InChI=1S/C17H26N2O2/c1-3-11-21-16-6-4-5-15(12-16)18-17(20)13-19-9-7-14(2)8-10-19/h4-6,12,14H,3,7-11,13H2,1-2H3,(H,18,20). The Kier molecular flexibility index (Phi) is 6.05. The van der Waals surface area contributed by atoms with Gasteiger partial charge < -0.3 is 10.1 Å². The Morgan fingerprint density at radius 2 is 2.14 bits per heavy atom. The largest absolute Gasteiger partial charge is 0.494 e. The van der Waals surface area contributed by atoms with Gasteiger partial charge in [-0.25, -0.2) is 0 Å². The molecule has 1 aromatic rings. The fourth-order valence-corrected chi connectivity index (χ4v) is 2.51. The van der Waals surface area contributed by atoms with Crippen molar-refractivity contribution < 1.29 is 9.53 Å². The van der Waals surface area contributed by atoms with E-state index in [9.17, 15) is 4.79 Å². The number of anilines is 1. The lowest BCUT2D eigenvalue weighted by molar-refractivity contribution is -0.117. The predicted molar refractivity (Wildman–Crippen MR) is 85.7 cm³/mol. The number of benzene rings is 1. The van der Waals surface area contributed by atoms with Gasteiger partial charge in [0.15, 0.2) is 0 Å². The van der Waals surface area contributed by atoms with Crippen molar-refractivity contribution in [2.24, 2.45) is 5.92 Å². The van der Waals surface area contributed by atoms with E-state index in [0.29, 0.717) is 13.2 Å². The second-order valence-electron chi connectivity index (χ2n) is 5.88. The molecular weight excluding hydrogens is 264 g/mol. The average molecular weight is 290 g/mol. The predicted octanol–water partition coefficient (Wildman–Crippen LogP) is 3.15. The van der Waals surface area contributed by atoms with Crippen molar-refractivity contribution in [3.05, 3.63) is 24.3 Å². The molecule has 1 N–H and O–H groups in total. The minimum absolute atomic E-state index is 0.0530. The fraction of sp³-hybridized carbons (Fsp3) is 0.588. The van der Waals surface area contributed by atoms with Crippen molar-refractivity contribution >= 4 is 11.6 Å². The number of hydrogen-bond donors (Lipinski definition) is 1. The molecule has 0 radical (unpaired) electrons. The minimum atomic E-state index is 0.0530. The lowest BCUT2D eigenvalue weighted by atomic mass is 9.99. The zero-order valence-electron chi connectivity index (χ0n) is 13.1. The van der Waals surface area contributed by atoms with Crippen LogP contribution in [0.25, 0.3) is 0 Å².